The predicted octanol–water partition coefficient (Wildman–Crippen LogP) is 2.25. The van der Waals surface area contributed by atoms with Crippen LogP contribution in [0.5, 0.6) is 5.75 Å². The standard InChI is InChI=1S/C16H13F4N5O5/c17-13(18)10-7-16(27,15(19)20)24(22-10)14(26)9-5-6-23(21-9)8-30-12-4-2-1-3-11(12)25(28)29/h1-6,13,15,27H,7-8H2. The van der Waals surface area contributed by atoms with Crippen molar-refractivity contribution in [2.24, 2.45) is 5.10 Å². The lowest BCUT2D eigenvalue weighted by Crippen LogP contribution is -2.51. The van der Waals surface area contributed by atoms with E-state index in [1.165, 1.54) is 30.5 Å². The molecule has 0 radical (unpaired) electrons. The van der Waals surface area contributed by atoms with Crippen LogP contribution in [0.3, 0.4) is 0 Å². The summed E-state index contributed by atoms with van der Waals surface area (Å²) in [5.74, 6) is -1.42. The molecule has 0 spiro atoms. The highest BCUT2D eigenvalue weighted by molar-refractivity contribution is 5.97. The fraction of sp³-hybridized carbons (Fsp3) is 0.312. The number of aromatic nitrogens is 2. The van der Waals surface area contributed by atoms with E-state index in [0.29, 0.717) is 0 Å². The topological polar surface area (TPSA) is 123 Å². The van der Waals surface area contributed by atoms with E-state index in [2.05, 4.69) is 10.2 Å². The second-order valence-corrected chi connectivity index (χ2v) is 6.10. The smallest absolute Gasteiger partial charge is 0.311 e. The summed E-state index contributed by atoms with van der Waals surface area (Å²) in [5, 5.41) is 27.7. The van der Waals surface area contributed by atoms with Gasteiger partial charge in [0.15, 0.2) is 18.2 Å². The van der Waals surface area contributed by atoms with Gasteiger partial charge in [-0.1, -0.05) is 12.1 Å². The summed E-state index contributed by atoms with van der Waals surface area (Å²) in [4.78, 5) is 22.7. The molecule has 0 saturated carbocycles. The van der Waals surface area contributed by atoms with Crippen molar-refractivity contribution < 1.29 is 37.1 Å². The van der Waals surface area contributed by atoms with E-state index in [0.717, 1.165) is 10.7 Å². The second kappa shape index (κ2) is 8.06. The number of hydrogen-bond donors (Lipinski definition) is 1. The van der Waals surface area contributed by atoms with Crippen molar-refractivity contribution in [3.05, 3.63) is 52.3 Å². The lowest BCUT2D eigenvalue weighted by atomic mass is 10.1. The third-order valence-corrected chi connectivity index (χ3v) is 4.10. The van der Waals surface area contributed by atoms with Crippen molar-refractivity contribution in [1.82, 2.24) is 14.8 Å². The van der Waals surface area contributed by atoms with Gasteiger partial charge in [-0.2, -0.15) is 15.2 Å². The number of amides is 1. The Morgan fingerprint density at radius 2 is 2.00 bits per heavy atom. The largest absolute Gasteiger partial charge is 0.464 e. The van der Waals surface area contributed by atoms with Crippen molar-refractivity contribution in [2.75, 3.05) is 0 Å². The number of nitro benzene ring substituents is 1. The van der Waals surface area contributed by atoms with Gasteiger partial charge in [-0.05, 0) is 12.1 Å². The third-order valence-electron chi connectivity index (χ3n) is 4.10. The highest BCUT2D eigenvalue weighted by Gasteiger charge is 2.53. The molecule has 0 bridgehead atoms. The number of nitrogens with zero attached hydrogens (tertiary/aromatic N) is 5. The Hall–Kier alpha value is -3.55. The van der Waals surface area contributed by atoms with Crippen LogP contribution in [0.2, 0.25) is 0 Å². The van der Waals surface area contributed by atoms with Gasteiger partial charge in [-0.3, -0.25) is 14.9 Å². The van der Waals surface area contributed by atoms with E-state index in [9.17, 15) is 37.6 Å². The maximum absolute atomic E-state index is 13.2. The monoisotopic (exact) mass is 431 g/mol. The zero-order valence-electron chi connectivity index (χ0n) is 14.9. The fourth-order valence-electron chi connectivity index (χ4n) is 2.63. The molecule has 1 aromatic heterocycles. The lowest BCUT2D eigenvalue weighted by Gasteiger charge is -2.29. The van der Waals surface area contributed by atoms with Crippen LogP contribution in [0.1, 0.15) is 16.9 Å². The zero-order valence-corrected chi connectivity index (χ0v) is 14.9. The number of halogens is 4. The average Bonchev–Trinajstić information content (AvgIpc) is 3.31. The molecule has 1 aliphatic rings. The molecule has 1 aliphatic heterocycles. The average molecular weight is 431 g/mol. The molecular formula is C16H13F4N5O5. The molecule has 10 nitrogen and oxygen atoms in total. The first kappa shape index (κ1) is 21.2. The SMILES string of the molecule is O=C(c1ccn(COc2ccccc2[N+](=O)[O-])n1)N1N=C(C(F)F)CC1(O)C(F)F. The molecule has 1 unspecified atom stereocenters. The van der Waals surface area contributed by atoms with E-state index < -0.39 is 47.2 Å². The van der Waals surface area contributed by atoms with Gasteiger partial charge in [0.05, 0.1) is 4.92 Å². The summed E-state index contributed by atoms with van der Waals surface area (Å²) in [5.41, 5.74) is -5.09. The third kappa shape index (κ3) is 3.94. The molecular weight excluding hydrogens is 418 g/mol. The Bertz CT molecular complexity index is 998. The summed E-state index contributed by atoms with van der Waals surface area (Å²) in [6.45, 7) is -0.386. The van der Waals surface area contributed by atoms with Crippen LogP contribution in [0.15, 0.2) is 41.6 Å². The summed E-state index contributed by atoms with van der Waals surface area (Å²) in [6, 6.07) is 6.54. The minimum absolute atomic E-state index is 0.0799. The number of hydrazone groups is 1. The van der Waals surface area contributed by atoms with Crippen molar-refractivity contribution in [3.63, 3.8) is 0 Å². The number of carbonyl (C=O) groups excluding carboxylic acids is 1. The predicted molar refractivity (Wildman–Crippen MR) is 91.1 cm³/mol. The summed E-state index contributed by atoms with van der Waals surface area (Å²) < 4.78 is 58.4. The first-order chi connectivity index (χ1) is 14.1. The number of benzene rings is 1. The Balaban J connectivity index is 1.77. The first-order valence-electron chi connectivity index (χ1n) is 8.23. The van der Waals surface area contributed by atoms with Gasteiger partial charge >= 0.3 is 5.69 Å². The van der Waals surface area contributed by atoms with Crippen LogP contribution in [-0.4, -0.2) is 55.0 Å². The van der Waals surface area contributed by atoms with Crippen LogP contribution in [0.25, 0.3) is 0 Å². The first-order valence-corrected chi connectivity index (χ1v) is 8.23. The van der Waals surface area contributed by atoms with Crippen LogP contribution >= 0.6 is 0 Å². The van der Waals surface area contributed by atoms with Crippen molar-refractivity contribution in [1.29, 1.82) is 0 Å². The number of aliphatic hydroxyl groups is 1. The Morgan fingerprint density at radius 3 is 2.63 bits per heavy atom. The molecule has 0 saturated heterocycles. The molecule has 1 N–H and O–H groups in total. The number of alkyl halides is 4. The molecule has 3 rings (SSSR count). The molecule has 1 amide bonds. The van der Waals surface area contributed by atoms with Crippen molar-refractivity contribution in [3.8, 4) is 5.75 Å². The normalized spacial score (nSPS) is 18.8. The maximum atomic E-state index is 13.2. The van der Waals surface area contributed by atoms with Gasteiger partial charge in [0.1, 0.15) is 5.71 Å². The van der Waals surface area contributed by atoms with Gasteiger partial charge in [-0.15, -0.1) is 0 Å². The molecule has 30 heavy (non-hydrogen) atoms. The summed E-state index contributed by atoms with van der Waals surface area (Å²) in [6.07, 6.45) is -6.82. The van der Waals surface area contributed by atoms with Crippen molar-refractivity contribution >= 4 is 17.3 Å². The van der Waals surface area contributed by atoms with Gasteiger partial charge in [-0.25, -0.2) is 22.2 Å². The maximum Gasteiger partial charge on any atom is 0.311 e. The number of ether oxygens (including phenoxy) is 1. The van der Waals surface area contributed by atoms with E-state index >= 15 is 0 Å². The number of rotatable bonds is 7. The molecule has 2 heterocycles. The van der Waals surface area contributed by atoms with Gasteiger partial charge in [0.2, 0.25) is 5.72 Å². The van der Waals surface area contributed by atoms with E-state index in [4.69, 9.17) is 4.74 Å². The second-order valence-electron chi connectivity index (χ2n) is 6.10. The summed E-state index contributed by atoms with van der Waals surface area (Å²) >= 11 is 0. The van der Waals surface area contributed by atoms with Crippen LogP contribution in [0, 0.1) is 10.1 Å². The van der Waals surface area contributed by atoms with E-state index in [1.807, 2.05) is 0 Å². The highest BCUT2D eigenvalue weighted by Crippen LogP contribution is 2.34. The quantitative estimate of drug-likeness (QED) is 0.408. The van der Waals surface area contributed by atoms with Crippen LogP contribution in [-0.2, 0) is 6.73 Å². The van der Waals surface area contributed by atoms with Gasteiger partial charge in [0.25, 0.3) is 18.8 Å². The number of nitro groups is 1. The van der Waals surface area contributed by atoms with Gasteiger partial charge < -0.3 is 9.84 Å². The van der Waals surface area contributed by atoms with Gasteiger partial charge in [0, 0.05) is 18.7 Å². The number of hydrogen-bond acceptors (Lipinski definition) is 7. The van der Waals surface area contributed by atoms with E-state index in [1.54, 1.807) is 0 Å². The lowest BCUT2D eigenvalue weighted by molar-refractivity contribution is -0.386. The Kier molecular flexibility index (Phi) is 5.69. The fourth-order valence-corrected chi connectivity index (χ4v) is 2.63. The highest BCUT2D eigenvalue weighted by atomic mass is 19.3. The van der Waals surface area contributed by atoms with Crippen LogP contribution in [0.4, 0.5) is 23.2 Å². The van der Waals surface area contributed by atoms with Crippen molar-refractivity contribution in [2.45, 2.75) is 31.7 Å². The summed E-state index contributed by atoms with van der Waals surface area (Å²) in [7, 11) is 0. The number of para-hydroxylation sites is 2. The van der Waals surface area contributed by atoms with Crippen LogP contribution < -0.4 is 4.74 Å². The molecule has 14 heteroatoms. The minimum atomic E-state index is -3.56. The Labute approximate surface area is 165 Å². The van der Waals surface area contributed by atoms with E-state index in [-0.39, 0.29) is 23.2 Å². The molecule has 0 fully saturated rings. The molecule has 1 atom stereocenters. The minimum Gasteiger partial charge on any atom is -0.464 e. The molecule has 2 aromatic rings. The molecule has 160 valence electrons. The molecule has 1 aromatic carbocycles. The zero-order chi connectivity index (χ0) is 22.1. The Morgan fingerprint density at radius 1 is 1.30 bits per heavy atom. The molecule has 0 aliphatic carbocycles. The number of carbonyl (C=O) groups is 1.